The molecule has 1 aromatic heterocycles. The molecule has 0 fully saturated rings. The summed E-state index contributed by atoms with van der Waals surface area (Å²) in [5, 5.41) is 5.86. The molecule has 0 bridgehead atoms. The maximum absolute atomic E-state index is 12.2. The lowest BCUT2D eigenvalue weighted by atomic mass is 10.2. The van der Waals surface area contributed by atoms with Gasteiger partial charge in [0, 0.05) is 36.8 Å². The van der Waals surface area contributed by atoms with Crippen LogP contribution in [0, 0.1) is 0 Å². The van der Waals surface area contributed by atoms with Crippen molar-refractivity contribution in [3.8, 4) is 0 Å². The number of carbonyl (C=O) groups is 1. The van der Waals surface area contributed by atoms with Crippen LogP contribution in [-0.4, -0.2) is 49.0 Å². The second-order valence-electron chi connectivity index (χ2n) is 4.79. The molecule has 0 spiro atoms. The number of hydrogen-bond donors (Lipinski definition) is 2. The molecule has 0 aromatic carbocycles. The van der Waals surface area contributed by atoms with Crippen molar-refractivity contribution < 1.29 is 4.79 Å². The number of carbonyl (C=O) groups excluding carboxylic acids is 1. The lowest BCUT2D eigenvalue weighted by Gasteiger charge is -2.23. The normalized spacial score (nSPS) is 12.3. The van der Waals surface area contributed by atoms with Crippen molar-refractivity contribution in [3.63, 3.8) is 0 Å². The van der Waals surface area contributed by atoms with Crippen molar-refractivity contribution in [2.75, 3.05) is 32.5 Å². The summed E-state index contributed by atoms with van der Waals surface area (Å²) in [6, 6.07) is 2.29. The molecule has 5 nitrogen and oxygen atoms in total. The van der Waals surface area contributed by atoms with E-state index in [1.165, 1.54) is 0 Å². The number of hydrogen-bond acceptors (Lipinski definition) is 4. The molecule has 1 unspecified atom stereocenters. The Morgan fingerprint density at radius 3 is 2.85 bits per heavy atom. The molecule has 1 heterocycles. The minimum Gasteiger partial charge on any atom is -0.372 e. The highest BCUT2D eigenvalue weighted by atomic mass is 79.9. The number of aromatic nitrogens is 1. The summed E-state index contributed by atoms with van der Waals surface area (Å²) in [6.45, 7) is 5.79. The van der Waals surface area contributed by atoms with E-state index in [1.54, 1.807) is 19.3 Å². The Kier molecular flexibility index (Phi) is 6.95. The first kappa shape index (κ1) is 16.9. The molecule has 0 radical (unpaired) electrons. The predicted octanol–water partition coefficient (Wildman–Crippen LogP) is 2.35. The monoisotopic (exact) mass is 342 g/mol. The van der Waals surface area contributed by atoms with Gasteiger partial charge in [-0.05, 0) is 42.4 Å². The number of amides is 1. The number of rotatable bonds is 7. The summed E-state index contributed by atoms with van der Waals surface area (Å²) in [4.78, 5) is 18.6. The first-order valence-electron chi connectivity index (χ1n) is 6.81. The van der Waals surface area contributed by atoms with E-state index < -0.39 is 0 Å². The molecule has 0 saturated carbocycles. The average molecular weight is 343 g/mol. The fraction of sp³-hybridized carbons (Fsp3) is 0.571. The average Bonchev–Trinajstić information content (AvgIpc) is 2.45. The molecule has 112 valence electrons. The molecule has 0 aliphatic heterocycles. The predicted molar refractivity (Wildman–Crippen MR) is 86.2 cm³/mol. The Labute approximate surface area is 129 Å². The zero-order chi connectivity index (χ0) is 15.1. The first-order valence-corrected chi connectivity index (χ1v) is 7.60. The van der Waals surface area contributed by atoms with Crippen molar-refractivity contribution in [1.29, 1.82) is 0 Å². The number of nitrogens with zero attached hydrogens (tertiary/aromatic N) is 2. The van der Waals surface area contributed by atoms with Crippen molar-refractivity contribution in [1.82, 2.24) is 15.2 Å². The van der Waals surface area contributed by atoms with Gasteiger partial charge in [0.05, 0.1) is 5.56 Å². The minimum absolute atomic E-state index is 0.110. The lowest BCUT2D eigenvalue weighted by molar-refractivity contribution is 0.0948. The van der Waals surface area contributed by atoms with Crippen LogP contribution in [-0.2, 0) is 0 Å². The SMILES string of the molecule is CCC(C)N(C)CCNC(=O)c1cc(Br)cnc1NC. The fourth-order valence-corrected chi connectivity index (χ4v) is 2.12. The van der Waals surface area contributed by atoms with Gasteiger partial charge in [-0.2, -0.15) is 0 Å². The summed E-state index contributed by atoms with van der Waals surface area (Å²) in [5.41, 5.74) is 0.549. The third-order valence-electron chi connectivity index (χ3n) is 3.43. The van der Waals surface area contributed by atoms with Gasteiger partial charge >= 0.3 is 0 Å². The summed E-state index contributed by atoms with van der Waals surface area (Å²) >= 11 is 3.34. The number of anilines is 1. The van der Waals surface area contributed by atoms with Crippen LogP contribution in [0.2, 0.25) is 0 Å². The molecule has 0 saturated heterocycles. The largest absolute Gasteiger partial charge is 0.372 e. The topological polar surface area (TPSA) is 57.3 Å². The van der Waals surface area contributed by atoms with Gasteiger partial charge in [0.1, 0.15) is 5.82 Å². The van der Waals surface area contributed by atoms with Crippen LogP contribution in [0.25, 0.3) is 0 Å². The minimum atomic E-state index is -0.110. The van der Waals surface area contributed by atoms with Gasteiger partial charge < -0.3 is 15.5 Å². The molecule has 1 aromatic rings. The van der Waals surface area contributed by atoms with Crippen LogP contribution in [0.4, 0.5) is 5.82 Å². The number of likely N-dealkylation sites (N-methyl/N-ethyl adjacent to an activating group) is 1. The molecule has 6 heteroatoms. The number of pyridine rings is 1. The molecule has 1 atom stereocenters. The van der Waals surface area contributed by atoms with Crippen LogP contribution in [0.1, 0.15) is 30.6 Å². The Hall–Kier alpha value is -1.14. The van der Waals surface area contributed by atoms with Gasteiger partial charge in [-0.1, -0.05) is 6.92 Å². The van der Waals surface area contributed by atoms with Gasteiger partial charge in [0.15, 0.2) is 0 Å². The Morgan fingerprint density at radius 2 is 2.25 bits per heavy atom. The van der Waals surface area contributed by atoms with E-state index in [1.807, 2.05) is 0 Å². The van der Waals surface area contributed by atoms with Gasteiger partial charge in [0.2, 0.25) is 0 Å². The van der Waals surface area contributed by atoms with Crippen LogP contribution in [0.5, 0.6) is 0 Å². The van der Waals surface area contributed by atoms with Crippen molar-refractivity contribution in [2.24, 2.45) is 0 Å². The lowest BCUT2D eigenvalue weighted by Crippen LogP contribution is -2.37. The van der Waals surface area contributed by atoms with E-state index in [2.05, 4.69) is 57.3 Å². The standard InChI is InChI=1S/C14H23BrN4O/c1-5-10(2)19(4)7-6-17-14(20)12-8-11(15)9-18-13(12)16-3/h8-10H,5-7H2,1-4H3,(H,16,18)(H,17,20). The van der Waals surface area contributed by atoms with Crippen LogP contribution in [0.3, 0.4) is 0 Å². The fourth-order valence-electron chi connectivity index (χ4n) is 1.78. The quantitative estimate of drug-likeness (QED) is 0.798. The number of halogens is 1. The van der Waals surface area contributed by atoms with Crippen molar-refractivity contribution in [3.05, 3.63) is 22.3 Å². The molecule has 20 heavy (non-hydrogen) atoms. The summed E-state index contributed by atoms with van der Waals surface area (Å²) < 4.78 is 0.790. The Bertz CT molecular complexity index is 453. The number of nitrogens with one attached hydrogen (secondary N) is 2. The van der Waals surface area contributed by atoms with E-state index >= 15 is 0 Å². The van der Waals surface area contributed by atoms with E-state index in [0.29, 0.717) is 24.0 Å². The third kappa shape index (κ3) is 4.76. The van der Waals surface area contributed by atoms with Crippen molar-refractivity contribution >= 4 is 27.7 Å². The highest BCUT2D eigenvalue weighted by molar-refractivity contribution is 9.10. The van der Waals surface area contributed by atoms with E-state index in [4.69, 9.17) is 0 Å². The zero-order valence-corrected chi connectivity index (χ0v) is 14.1. The molecular weight excluding hydrogens is 320 g/mol. The summed E-state index contributed by atoms with van der Waals surface area (Å²) in [5.74, 6) is 0.474. The highest BCUT2D eigenvalue weighted by Crippen LogP contribution is 2.17. The van der Waals surface area contributed by atoms with Gasteiger partial charge in [-0.25, -0.2) is 4.98 Å². The molecule has 0 aliphatic carbocycles. The van der Waals surface area contributed by atoms with Crippen LogP contribution in [0.15, 0.2) is 16.7 Å². The Morgan fingerprint density at radius 1 is 1.55 bits per heavy atom. The zero-order valence-electron chi connectivity index (χ0n) is 12.5. The summed E-state index contributed by atoms with van der Waals surface area (Å²) in [6.07, 6.45) is 2.77. The van der Waals surface area contributed by atoms with E-state index in [-0.39, 0.29) is 5.91 Å². The Balaban J connectivity index is 2.57. The maximum atomic E-state index is 12.2. The second-order valence-corrected chi connectivity index (χ2v) is 5.71. The first-order chi connectivity index (χ1) is 9.49. The second kappa shape index (κ2) is 8.21. The molecule has 1 rings (SSSR count). The third-order valence-corrected chi connectivity index (χ3v) is 3.86. The molecule has 2 N–H and O–H groups in total. The van der Waals surface area contributed by atoms with Crippen LogP contribution < -0.4 is 10.6 Å². The van der Waals surface area contributed by atoms with Crippen LogP contribution >= 0.6 is 15.9 Å². The maximum Gasteiger partial charge on any atom is 0.255 e. The van der Waals surface area contributed by atoms with Gasteiger partial charge in [-0.15, -0.1) is 0 Å². The molecule has 0 aliphatic rings. The van der Waals surface area contributed by atoms with Gasteiger partial charge in [0.25, 0.3) is 5.91 Å². The smallest absolute Gasteiger partial charge is 0.255 e. The molecule has 1 amide bonds. The van der Waals surface area contributed by atoms with E-state index in [0.717, 1.165) is 17.4 Å². The van der Waals surface area contributed by atoms with Gasteiger partial charge in [-0.3, -0.25) is 4.79 Å². The van der Waals surface area contributed by atoms with E-state index in [9.17, 15) is 4.79 Å². The van der Waals surface area contributed by atoms with Crippen molar-refractivity contribution in [2.45, 2.75) is 26.3 Å². The highest BCUT2D eigenvalue weighted by Gasteiger charge is 2.13. The summed E-state index contributed by atoms with van der Waals surface area (Å²) in [7, 11) is 3.82. The molecular formula is C14H23BrN4O.